The Kier molecular flexibility index (Phi) is 5.41. The van der Waals surface area contributed by atoms with Crippen LogP contribution in [0.15, 0.2) is 95.1 Å². The van der Waals surface area contributed by atoms with Crippen molar-refractivity contribution in [2.75, 3.05) is 0 Å². The van der Waals surface area contributed by atoms with E-state index in [-0.39, 0.29) is 26.8 Å². The SMILES string of the molecule is Oc1ccnc2ccc(Sc3[c-]c4c(cc3)c3ccccc3n4-c3ccccn3)nc12.[Pt]. The minimum atomic E-state index is 0. The van der Waals surface area contributed by atoms with Crippen molar-refractivity contribution in [2.24, 2.45) is 0 Å². The molecule has 6 aromatic rings. The Morgan fingerprint density at radius 2 is 1.69 bits per heavy atom. The van der Waals surface area contributed by atoms with Crippen LogP contribution in [0.3, 0.4) is 0 Å². The number of hydrogen-bond donors (Lipinski definition) is 1. The summed E-state index contributed by atoms with van der Waals surface area (Å²) in [5.41, 5.74) is 3.22. The zero-order valence-electron chi connectivity index (χ0n) is 16.5. The standard InChI is InChI=1S/C25H15N4OS.Pt/c30-22-12-14-26-19-10-11-24(28-25(19)22)31-16-8-9-18-17-5-1-2-6-20(17)29(21(18)15-16)23-7-3-4-13-27-23;/h1-14H,(H,26,30);/q-1;. The second-order valence-corrected chi connectivity index (χ2v) is 8.14. The minimum Gasteiger partial charge on any atom is -0.506 e. The molecule has 0 unspecified atom stereocenters. The predicted octanol–water partition coefficient (Wildman–Crippen LogP) is 5.78. The van der Waals surface area contributed by atoms with Crippen LogP contribution in [0.25, 0.3) is 38.7 Å². The van der Waals surface area contributed by atoms with Crippen molar-refractivity contribution in [2.45, 2.75) is 9.92 Å². The van der Waals surface area contributed by atoms with Crippen LogP contribution in [-0.4, -0.2) is 24.6 Å². The smallest absolute Gasteiger partial charge is 0.144 e. The van der Waals surface area contributed by atoms with E-state index in [0.29, 0.717) is 11.0 Å². The normalized spacial score (nSPS) is 11.1. The number of nitrogens with zero attached hydrogens (tertiary/aromatic N) is 4. The third kappa shape index (κ3) is 3.46. The molecule has 32 heavy (non-hydrogen) atoms. The number of hydrogen-bond acceptors (Lipinski definition) is 5. The van der Waals surface area contributed by atoms with Crippen molar-refractivity contribution in [1.29, 1.82) is 0 Å². The topological polar surface area (TPSA) is 63.8 Å². The van der Waals surface area contributed by atoms with Crippen LogP contribution >= 0.6 is 11.8 Å². The molecule has 6 rings (SSSR count). The van der Waals surface area contributed by atoms with Gasteiger partial charge in [-0.25, -0.2) is 9.97 Å². The summed E-state index contributed by atoms with van der Waals surface area (Å²) in [7, 11) is 0. The Hall–Kier alpha value is -3.21. The third-order valence-electron chi connectivity index (χ3n) is 5.19. The van der Waals surface area contributed by atoms with E-state index in [2.05, 4.69) is 49.9 Å². The van der Waals surface area contributed by atoms with Gasteiger partial charge < -0.3 is 9.67 Å². The van der Waals surface area contributed by atoms with Gasteiger partial charge in [-0.3, -0.25) is 4.98 Å². The Balaban J connectivity index is 0.00000216. The number of fused-ring (bicyclic) bond motifs is 4. The summed E-state index contributed by atoms with van der Waals surface area (Å²) in [5.74, 6) is 0.981. The van der Waals surface area contributed by atoms with Crippen molar-refractivity contribution in [3.8, 4) is 11.6 Å². The van der Waals surface area contributed by atoms with Gasteiger partial charge in [0.25, 0.3) is 0 Å². The molecular formula is C25H15N4OPtS-. The Morgan fingerprint density at radius 3 is 2.56 bits per heavy atom. The molecule has 0 bridgehead atoms. The second-order valence-electron chi connectivity index (χ2n) is 7.07. The second kappa shape index (κ2) is 8.38. The first kappa shape index (κ1) is 20.7. The fourth-order valence-corrected chi connectivity index (χ4v) is 4.60. The number of pyridine rings is 3. The molecule has 0 amide bonds. The van der Waals surface area contributed by atoms with Crippen LogP contribution in [0.4, 0.5) is 0 Å². The first-order valence-electron chi connectivity index (χ1n) is 9.77. The van der Waals surface area contributed by atoms with E-state index >= 15 is 0 Å². The molecule has 7 heteroatoms. The maximum Gasteiger partial charge on any atom is 0.144 e. The first-order valence-corrected chi connectivity index (χ1v) is 10.6. The summed E-state index contributed by atoms with van der Waals surface area (Å²) < 4.78 is 2.14. The molecule has 0 saturated carbocycles. The van der Waals surface area contributed by atoms with E-state index in [0.717, 1.165) is 37.5 Å². The molecule has 0 fully saturated rings. The van der Waals surface area contributed by atoms with E-state index < -0.39 is 0 Å². The molecule has 0 atom stereocenters. The largest absolute Gasteiger partial charge is 0.506 e. The molecular weight excluding hydrogens is 599 g/mol. The van der Waals surface area contributed by atoms with Crippen molar-refractivity contribution in [1.82, 2.24) is 19.5 Å². The van der Waals surface area contributed by atoms with E-state index in [1.807, 2.05) is 42.5 Å². The quantitative estimate of drug-likeness (QED) is 0.257. The van der Waals surface area contributed by atoms with Crippen molar-refractivity contribution in [3.05, 3.63) is 91.3 Å². The maximum atomic E-state index is 10.1. The number of rotatable bonds is 3. The average Bonchev–Trinajstić information content (AvgIpc) is 3.14. The molecule has 0 spiro atoms. The molecule has 2 aromatic carbocycles. The van der Waals surface area contributed by atoms with Crippen LogP contribution in [0.1, 0.15) is 0 Å². The van der Waals surface area contributed by atoms with Gasteiger partial charge in [-0.1, -0.05) is 46.4 Å². The molecule has 4 aromatic heterocycles. The minimum absolute atomic E-state index is 0. The van der Waals surface area contributed by atoms with Gasteiger partial charge in [-0.2, -0.15) is 12.1 Å². The monoisotopic (exact) mass is 614 g/mol. The molecule has 0 aliphatic carbocycles. The first-order chi connectivity index (χ1) is 15.3. The summed E-state index contributed by atoms with van der Waals surface area (Å²) >= 11 is 1.50. The van der Waals surface area contributed by atoms with Gasteiger partial charge in [0.1, 0.15) is 17.1 Å². The van der Waals surface area contributed by atoms with Crippen molar-refractivity contribution >= 4 is 44.6 Å². The number of aromatic hydroxyl groups is 1. The summed E-state index contributed by atoms with van der Waals surface area (Å²) in [6.45, 7) is 0. The van der Waals surface area contributed by atoms with E-state index in [4.69, 9.17) is 0 Å². The van der Waals surface area contributed by atoms with Gasteiger partial charge >= 0.3 is 0 Å². The van der Waals surface area contributed by atoms with Gasteiger partial charge in [-0.15, -0.1) is 11.5 Å². The number of aromatic nitrogens is 4. The predicted molar refractivity (Wildman–Crippen MR) is 123 cm³/mol. The zero-order chi connectivity index (χ0) is 20.8. The van der Waals surface area contributed by atoms with Crippen LogP contribution in [0, 0.1) is 6.07 Å². The molecule has 0 radical (unpaired) electrons. The van der Waals surface area contributed by atoms with Gasteiger partial charge in [0.15, 0.2) is 0 Å². The van der Waals surface area contributed by atoms with Crippen LogP contribution in [-0.2, 0) is 21.1 Å². The molecule has 158 valence electrons. The zero-order valence-corrected chi connectivity index (χ0v) is 19.6. The Bertz CT molecular complexity index is 1580. The summed E-state index contributed by atoms with van der Waals surface area (Å²) in [4.78, 5) is 14.3. The number of para-hydroxylation sites is 1. The van der Waals surface area contributed by atoms with E-state index in [1.54, 1.807) is 18.5 Å². The Morgan fingerprint density at radius 1 is 0.812 bits per heavy atom. The maximum absolute atomic E-state index is 10.1. The Labute approximate surface area is 202 Å². The van der Waals surface area contributed by atoms with E-state index in [1.165, 1.54) is 11.8 Å². The van der Waals surface area contributed by atoms with Gasteiger partial charge in [0.05, 0.1) is 10.5 Å². The average molecular weight is 615 g/mol. The van der Waals surface area contributed by atoms with E-state index in [9.17, 15) is 5.11 Å². The summed E-state index contributed by atoms with van der Waals surface area (Å²) in [6, 6.07) is 27.3. The van der Waals surface area contributed by atoms with Crippen LogP contribution in [0.2, 0.25) is 0 Å². The summed E-state index contributed by atoms with van der Waals surface area (Å²) in [6.07, 6.45) is 3.37. The molecule has 5 nitrogen and oxygen atoms in total. The molecule has 4 heterocycles. The van der Waals surface area contributed by atoms with Gasteiger partial charge in [0, 0.05) is 45.0 Å². The van der Waals surface area contributed by atoms with Gasteiger partial charge in [-0.05, 0) is 35.7 Å². The van der Waals surface area contributed by atoms with Crippen molar-refractivity contribution in [3.63, 3.8) is 0 Å². The third-order valence-corrected chi connectivity index (χ3v) is 6.08. The van der Waals surface area contributed by atoms with Crippen LogP contribution < -0.4 is 0 Å². The molecule has 1 N–H and O–H groups in total. The van der Waals surface area contributed by atoms with Gasteiger partial charge in [0.2, 0.25) is 0 Å². The fourth-order valence-electron chi connectivity index (χ4n) is 3.82. The molecule has 0 aliphatic rings. The van der Waals surface area contributed by atoms with Crippen molar-refractivity contribution < 1.29 is 26.2 Å². The molecule has 0 aliphatic heterocycles. The molecule has 0 saturated heterocycles. The summed E-state index contributed by atoms with van der Waals surface area (Å²) in [5, 5.41) is 13.2. The van der Waals surface area contributed by atoms with Crippen LogP contribution in [0.5, 0.6) is 5.75 Å². The number of benzene rings is 2. The fraction of sp³-hybridized carbons (Fsp3) is 0.